The van der Waals surface area contributed by atoms with Crippen molar-refractivity contribution in [1.82, 2.24) is 4.98 Å². The van der Waals surface area contributed by atoms with E-state index in [1.807, 2.05) is 0 Å². The molecular weight excluding hydrogens is 266 g/mol. The molecule has 0 fully saturated rings. The van der Waals surface area contributed by atoms with Crippen molar-refractivity contribution < 1.29 is 9.13 Å². The van der Waals surface area contributed by atoms with Crippen molar-refractivity contribution in [2.45, 2.75) is 0 Å². The van der Waals surface area contributed by atoms with E-state index < -0.39 is 5.82 Å². The molecule has 6 heteroatoms. The van der Waals surface area contributed by atoms with Gasteiger partial charge in [-0.2, -0.15) is 4.98 Å². The fourth-order valence-corrected chi connectivity index (χ4v) is 1.52. The van der Waals surface area contributed by atoms with E-state index >= 15 is 0 Å². The van der Waals surface area contributed by atoms with Crippen LogP contribution < -0.4 is 10.5 Å². The normalized spacial score (nSPS) is 10.3. The van der Waals surface area contributed by atoms with Crippen molar-refractivity contribution in [2.75, 3.05) is 5.73 Å². The number of nitrogens with zero attached hydrogens (tertiary/aromatic N) is 1. The van der Waals surface area contributed by atoms with Gasteiger partial charge in [-0.15, -0.1) is 0 Å². The Morgan fingerprint density at radius 3 is 2.65 bits per heavy atom. The van der Waals surface area contributed by atoms with Crippen LogP contribution in [0.25, 0.3) is 0 Å². The molecule has 0 radical (unpaired) electrons. The van der Waals surface area contributed by atoms with Gasteiger partial charge in [0.15, 0.2) is 0 Å². The fraction of sp³-hybridized carbons (Fsp3) is 0. The van der Waals surface area contributed by atoms with Gasteiger partial charge in [0.25, 0.3) is 0 Å². The largest absolute Gasteiger partial charge is 0.435 e. The van der Waals surface area contributed by atoms with Gasteiger partial charge in [0, 0.05) is 0 Å². The van der Waals surface area contributed by atoms with Crippen molar-refractivity contribution in [1.29, 1.82) is 0 Å². The highest BCUT2D eigenvalue weighted by Crippen LogP contribution is 2.32. The molecule has 0 aliphatic carbocycles. The van der Waals surface area contributed by atoms with Crippen LogP contribution in [0.15, 0.2) is 30.3 Å². The zero-order chi connectivity index (χ0) is 12.4. The summed E-state index contributed by atoms with van der Waals surface area (Å²) in [6.45, 7) is 0. The molecule has 1 aromatic carbocycles. The maximum atomic E-state index is 12.8. The lowest BCUT2D eigenvalue weighted by Crippen LogP contribution is -1.95. The molecule has 0 atom stereocenters. The number of ether oxygens (including phenoxy) is 1. The van der Waals surface area contributed by atoms with E-state index in [1.165, 1.54) is 18.2 Å². The summed E-state index contributed by atoms with van der Waals surface area (Å²) in [6.07, 6.45) is 0. The van der Waals surface area contributed by atoms with Gasteiger partial charge in [-0.25, -0.2) is 4.39 Å². The van der Waals surface area contributed by atoms with Crippen LogP contribution in [-0.4, -0.2) is 4.98 Å². The Labute approximate surface area is 107 Å². The summed E-state index contributed by atoms with van der Waals surface area (Å²) in [5, 5.41) is 0.374. The lowest BCUT2D eigenvalue weighted by molar-refractivity contribution is 0.464. The molecule has 2 N–H and O–H groups in total. The second-order valence-corrected chi connectivity index (χ2v) is 4.00. The Morgan fingerprint density at radius 2 is 1.94 bits per heavy atom. The summed E-state index contributed by atoms with van der Waals surface area (Å²) < 4.78 is 18.2. The molecule has 0 amide bonds. The van der Waals surface area contributed by atoms with Crippen LogP contribution >= 0.6 is 23.2 Å². The summed E-state index contributed by atoms with van der Waals surface area (Å²) in [5.74, 6) is -0.0603. The molecule has 0 spiro atoms. The standard InChI is InChI=1S/C11H7Cl2FN2O/c12-7-5-6(14)1-3-9(7)17-11-8(15)2-4-10(13)16-11/h1-5H,15H2. The third kappa shape index (κ3) is 2.78. The molecule has 1 heterocycles. The summed E-state index contributed by atoms with van der Waals surface area (Å²) >= 11 is 11.5. The average Bonchev–Trinajstić information content (AvgIpc) is 2.27. The Kier molecular flexibility index (Phi) is 3.36. The zero-order valence-electron chi connectivity index (χ0n) is 8.45. The monoisotopic (exact) mass is 272 g/mol. The Hall–Kier alpha value is -1.52. The maximum absolute atomic E-state index is 12.8. The molecule has 0 aliphatic rings. The topological polar surface area (TPSA) is 48.1 Å². The summed E-state index contributed by atoms with van der Waals surface area (Å²) in [6, 6.07) is 6.84. The van der Waals surface area contributed by atoms with Crippen LogP contribution in [0.4, 0.5) is 10.1 Å². The molecule has 3 nitrogen and oxygen atoms in total. The molecule has 17 heavy (non-hydrogen) atoms. The quantitative estimate of drug-likeness (QED) is 0.844. The second-order valence-electron chi connectivity index (χ2n) is 3.21. The Balaban J connectivity index is 2.34. The number of halogens is 3. The van der Waals surface area contributed by atoms with E-state index in [0.717, 1.165) is 6.07 Å². The minimum Gasteiger partial charge on any atom is -0.435 e. The first-order chi connectivity index (χ1) is 8.06. The number of benzene rings is 1. The minimum absolute atomic E-state index is 0.131. The molecule has 0 bridgehead atoms. The van der Waals surface area contributed by atoms with Crippen molar-refractivity contribution in [3.8, 4) is 11.6 Å². The van der Waals surface area contributed by atoms with Crippen LogP contribution in [-0.2, 0) is 0 Å². The van der Waals surface area contributed by atoms with Gasteiger partial charge in [-0.3, -0.25) is 0 Å². The summed E-state index contributed by atoms with van der Waals surface area (Å²) in [7, 11) is 0. The van der Waals surface area contributed by atoms with E-state index in [-0.39, 0.29) is 21.8 Å². The Bertz CT molecular complexity index is 563. The third-order valence-electron chi connectivity index (χ3n) is 1.96. The number of hydrogen-bond acceptors (Lipinski definition) is 3. The molecule has 2 rings (SSSR count). The molecule has 1 aromatic heterocycles. The molecule has 0 saturated carbocycles. The van der Waals surface area contributed by atoms with Crippen molar-refractivity contribution in [3.63, 3.8) is 0 Å². The van der Waals surface area contributed by atoms with Gasteiger partial charge in [-0.05, 0) is 30.3 Å². The van der Waals surface area contributed by atoms with Crippen molar-refractivity contribution in [3.05, 3.63) is 46.3 Å². The van der Waals surface area contributed by atoms with Crippen LogP contribution in [0, 0.1) is 5.82 Å². The average molecular weight is 273 g/mol. The predicted molar refractivity (Wildman–Crippen MR) is 65.1 cm³/mol. The van der Waals surface area contributed by atoms with Crippen LogP contribution in [0.2, 0.25) is 10.2 Å². The highest BCUT2D eigenvalue weighted by Gasteiger charge is 2.08. The minimum atomic E-state index is -0.450. The van der Waals surface area contributed by atoms with Crippen LogP contribution in [0.5, 0.6) is 11.6 Å². The Morgan fingerprint density at radius 1 is 1.18 bits per heavy atom. The first kappa shape index (κ1) is 12.0. The lowest BCUT2D eigenvalue weighted by Gasteiger charge is -2.08. The third-order valence-corrected chi connectivity index (χ3v) is 2.46. The lowest BCUT2D eigenvalue weighted by atomic mass is 10.3. The van der Waals surface area contributed by atoms with E-state index in [2.05, 4.69) is 4.98 Å². The molecule has 0 unspecified atom stereocenters. The molecule has 0 saturated heterocycles. The van der Waals surface area contributed by atoms with Crippen LogP contribution in [0.3, 0.4) is 0 Å². The number of nitrogens with two attached hydrogens (primary N) is 1. The first-order valence-electron chi connectivity index (χ1n) is 4.61. The van der Waals surface area contributed by atoms with Crippen molar-refractivity contribution >= 4 is 28.9 Å². The SMILES string of the molecule is Nc1ccc(Cl)nc1Oc1ccc(F)cc1Cl. The van der Waals surface area contributed by atoms with Gasteiger partial charge in [0.05, 0.1) is 10.7 Å². The van der Waals surface area contributed by atoms with E-state index in [0.29, 0.717) is 5.69 Å². The molecule has 2 aromatic rings. The maximum Gasteiger partial charge on any atom is 0.244 e. The molecule has 0 aliphatic heterocycles. The highest BCUT2D eigenvalue weighted by atomic mass is 35.5. The number of rotatable bonds is 2. The smallest absolute Gasteiger partial charge is 0.244 e. The summed E-state index contributed by atoms with van der Waals surface area (Å²) in [5.41, 5.74) is 5.97. The number of hydrogen-bond donors (Lipinski definition) is 1. The fourth-order valence-electron chi connectivity index (χ4n) is 1.17. The molecule has 88 valence electrons. The molecular formula is C11H7Cl2FN2O. The number of aromatic nitrogens is 1. The van der Waals surface area contributed by atoms with Gasteiger partial charge < -0.3 is 10.5 Å². The van der Waals surface area contributed by atoms with E-state index in [9.17, 15) is 4.39 Å². The van der Waals surface area contributed by atoms with Gasteiger partial charge in [0.1, 0.15) is 16.7 Å². The van der Waals surface area contributed by atoms with E-state index in [4.69, 9.17) is 33.7 Å². The van der Waals surface area contributed by atoms with Crippen LogP contribution in [0.1, 0.15) is 0 Å². The number of nitrogen functional groups attached to an aromatic ring is 1. The number of pyridine rings is 1. The first-order valence-corrected chi connectivity index (χ1v) is 5.37. The zero-order valence-corrected chi connectivity index (χ0v) is 9.97. The number of anilines is 1. The van der Waals surface area contributed by atoms with Gasteiger partial charge in [0.2, 0.25) is 5.88 Å². The van der Waals surface area contributed by atoms with Gasteiger partial charge in [-0.1, -0.05) is 23.2 Å². The second kappa shape index (κ2) is 4.77. The predicted octanol–water partition coefficient (Wildman–Crippen LogP) is 3.90. The van der Waals surface area contributed by atoms with E-state index in [1.54, 1.807) is 6.07 Å². The highest BCUT2D eigenvalue weighted by molar-refractivity contribution is 6.32. The summed E-state index contributed by atoms with van der Waals surface area (Å²) in [4.78, 5) is 3.90. The van der Waals surface area contributed by atoms with Gasteiger partial charge >= 0.3 is 0 Å². The van der Waals surface area contributed by atoms with Crippen molar-refractivity contribution in [2.24, 2.45) is 0 Å².